The first-order valence-electron chi connectivity index (χ1n) is 7.21. The number of hydrogen-bond acceptors (Lipinski definition) is 3. The monoisotopic (exact) mass is 302 g/mol. The van der Waals surface area contributed by atoms with Crippen molar-refractivity contribution in [2.75, 3.05) is 0 Å². The molecule has 3 atom stereocenters. The highest BCUT2D eigenvalue weighted by atomic mass is 19.4. The summed E-state index contributed by atoms with van der Waals surface area (Å²) >= 11 is 0. The first-order chi connectivity index (χ1) is 9.89. The van der Waals surface area contributed by atoms with Gasteiger partial charge in [0.2, 0.25) is 0 Å². The molecule has 0 saturated heterocycles. The van der Waals surface area contributed by atoms with Crippen molar-refractivity contribution in [3.63, 3.8) is 0 Å². The highest BCUT2D eigenvalue weighted by Gasteiger charge is 2.32. The minimum Gasteiger partial charge on any atom is -0.406 e. The Morgan fingerprint density at radius 1 is 1.33 bits per heavy atom. The third-order valence-corrected chi connectivity index (χ3v) is 4.08. The third-order valence-electron chi connectivity index (χ3n) is 4.08. The van der Waals surface area contributed by atoms with Crippen molar-refractivity contribution < 1.29 is 17.9 Å². The summed E-state index contributed by atoms with van der Waals surface area (Å²) in [5.74, 6) is 6.39. The molecule has 2 rings (SSSR count). The molecule has 3 nitrogen and oxygen atoms in total. The van der Waals surface area contributed by atoms with Gasteiger partial charge in [-0.3, -0.25) is 11.3 Å². The zero-order valence-electron chi connectivity index (χ0n) is 12.0. The molecule has 0 spiro atoms. The first kappa shape index (κ1) is 16.1. The van der Waals surface area contributed by atoms with Gasteiger partial charge in [0.25, 0.3) is 0 Å². The molecule has 0 amide bonds. The molecular weight excluding hydrogens is 281 g/mol. The van der Waals surface area contributed by atoms with E-state index in [0.29, 0.717) is 11.8 Å². The van der Waals surface area contributed by atoms with Gasteiger partial charge >= 0.3 is 6.36 Å². The van der Waals surface area contributed by atoms with Crippen LogP contribution in [0, 0.1) is 11.8 Å². The van der Waals surface area contributed by atoms with Gasteiger partial charge in [-0.05, 0) is 42.4 Å². The molecule has 21 heavy (non-hydrogen) atoms. The Bertz CT molecular complexity index is 464. The summed E-state index contributed by atoms with van der Waals surface area (Å²) in [6, 6.07) is 5.91. The maximum atomic E-state index is 12.3. The first-order valence-corrected chi connectivity index (χ1v) is 7.21. The zero-order valence-corrected chi connectivity index (χ0v) is 12.0. The van der Waals surface area contributed by atoms with Crippen molar-refractivity contribution in [2.45, 2.75) is 45.0 Å². The molecule has 1 saturated carbocycles. The van der Waals surface area contributed by atoms with E-state index >= 15 is 0 Å². The van der Waals surface area contributed by atoms with Crippen LogP contribution >= 0.6 is 0 Å². The smallest absolute Gasteiger partial charge is 0.406 e. The van der Waals surface area contributed by atoms with E-state index < -0.39 is 6.36 Å². The summed E-state index contributed by atoms with van der Waals surface area (Å²) in [6.45, 7) is 2.20. The molecule has 0 radical (unpaired) electrons. The highest BCUT2D eigenvalue weighted by molar-refractivity contribution is 5.31. The van der Waals surface area contributed by atoms with Crippen molar-refractivity contribution in [2.24, 2.45) is 17.7 Å². The number of hydrazine groups is 1. The average molecular weight is 302 g/mol. The number of nitrogens with two attached hydrogens (primary N) is 1. The van der Waals surface area contributed by atoms with Gasteiger partial charge in [-0.1, -0.05) is 31.9 Å². The Labute approximate surface area is 122 Å². The summed E-state index contributed by atoms with van der Waals surface area (Å²) in [5.41, 5.74) is 3.50. The van der Waals surface area contributed by atoms with Crippen LogP contribution in [0.15, 0.2) is 24.3 Å². The van der Waals surface area contributed by atoms with E-state index in [1.165, 1.54) is 18.6 Å². The fraction of sp³-hybridized carbons (Fsp3) is 0.600. The highest BCUT2D eigenvalue weighted by Crippen LogP contribution is 2.37. The van der Waals surface area contributed by atoms with Crippen LogP contribution in [0.4, 0.5) is 13.2 Å². The minimum atomic E-state index is -4.68. The number of benzene rings is 1. The van der Waals surface area contributed by atoms with Gasteiger partial charge in [0.05, 0.1) is 0 Å². The van der Waals surface area contributed by atoms with E-state index in [1.807, 2.05) is 0 Å². The van der Waals surface area contributed by atoms with Crippen molar-refractivity contribution in [1.82, 2.24) is 5.43 Å². The molecule has 0 bridgehead atoms. The molecule has 3 unspecified atom stereocenters. The Hall–Kier alpha value is -1.27. The second-order valence-electron chi connectivity index (χ2n) is 5.80. The van der Waals surface area contributed by atoms with E-state index in [9.17, 15) is 13.2 Å². The van der Waals surface area contributed by atoms with Crippen LogP contribution in [0.25, 0.3) is 0 Å². The topological polar surface area (TPSA) is 47.3 Å². The summed E-state index contributed by atoms with van der Waals surface area (Å²) in [6.07, 6.45) is -0.291. The predicted octanol–water partition coefficient (Wildman–Crippen LogP) is 3.92. The largest absolute Gasteiger partial charge is 0.573 e. The molecule has 0 heterocycles. The Kier molecular flexibility index (Phi) is 5.11. The van der Waals surface area contributed by atoms with Crippen molar-refractivity contribution in [3.05, 3.63) is 29.8 Å². The SMILES string of the molecule is CC1CCCC(C(NN)c2cccc(OC(F)(F)F)c2)C1. The fourth-order valence-corrected chi connectivity index (χ4v) is 3.19. The van der Waals surface area contributed by atoms with Gasteiger partial charge in [0, 0.05) is 6.04 Å². The quantitative estimate of drug-likeness (QED) is 0.654. The molecule has 1 fully saturated rings. The van der Waals surface area contributed by atoms with Crippen LogP contribution in [-0.4, -0.2) is 6.36 Å². The van der Waals surface area contributed by atoms with Crippen LogP contribution < -0.4 is 16.0 Å². The van der Waals surface area contributed by atoms with Crippen LogP contribution in [0.2, 0.25) is 0 Å². The maximum absolute atomic E-state index is 12.3. The summed E-state index contributed by atoms with van der Waals surface area (Å²) in [7, 11) is 0. The van der Waals surface area contributed by atoms with Gasteiger partial charge in [0.15, 0.2) is 0 Å². The lowest BCUT2D eigenvalue weighted by molar-refractivity contribution is -0.274. The molecule has 118 valence electrons. The summed E-state index contributed by atoms with van der Waals surface area (Å²) in [5, 5.41) is 0. The molecule has 3 N–H and O–H groups in total. The fourth-order valence-electron chi connectivity index (χ4n) is 3.19. The third kappa shape index (κ3) is 4.61. The summed E-state index contributed by atoms with van der Waals surface area (Å²) in [4.78, 5) is 0. The van der Waals surface area contributed by atoms with Crippen molar-refractivity contribution in [1.29, 1.82) is 0 Å². The second kappa shape index (κ2) is 6.66. The van der Waals surface area contributed by atoms with Crippen LogP contribution in [0.1, 0.15) is 44.2 Å². The standard InChI is InChI=1S/C15H21F3N2O/c1-10-4-2-5-11(8-10)14(20-19)12-6-3-7-13(9-12)21-15(16,17)18/h3,6-7,9-11,14,20H,2,4-5,8,19H2,1H3. The Balaban J connectivity index is 2.16. The second-order valence-corrected chi connectivity index (χ2v) is 5.80. The lowest BCUT2D eigenvalue weighted by Crippen LogP contribution is -2.35. The van der Waals surface area contributed by atoms with Crippen LogP contribution in [0.3, 0.4) is 0 Å². The maximum Gasteiger partial charge on any atom is 0.573 e. The lowest BCUT2D eigenvalue weighted by Gasteiger charge is -2.33. The normalized spacial score (nSPS) is 24.6. The molecule has 1 aromatic rings. The van der Waals surface area contributed by atoms with E-state index in [-0.39, 0.29) is 11.8 Å². The van der Waals surface area contributed by atoms with E-state index in [4.69, 9.17) is 5.84 Å². The number of rotatable bonds is 4. The number of nitrogens with one attached hydrogen (secondary N) is 1. The average Bonchev–Trinajstić information content (AvgIpc) is 2.38. The van der Waals surface area contributed by atoms with Crippen LogP contribution in [-0.2, 0) is 0 Å². The number of hydrogen-bond donors (Lipinski definition) is 2. The molecule has 0 aliphatic heterocycles. The van der Waals surface area contributed by atoms with Gasteiger partial charge in [-0.2, -0.15) is 0 Å². The molecule has 1 aliphatic rings. The molecule has 1 aliphatic carbocycles. The van der Waals surface area contributed by atoms with Crippen LogP contribution in [0.5, 0.6) is 5.75 Å². The van der Waals surface area contributed by atoms with E-state index in [1.54, 1.807) is 12.1 Å². The Morgan fingerprint density at radius 3 is 2.71 bits per heavy atom. The van der Waals surface area contributed by atoms with E-state index in [0.717, 1.165) is 24.8 Å². The molecule has 0 aromatic heterocycles. The molecule has 1 aromatic carbocycles. The number of halogens is 3. The predicted molar refractivity (Wildman–Crippen MR) is 74.3 cm³/mol. The number of ether oxygens (including phenoxy) is 1. The molecular formula is C15H21F3N2O. The van der Waals surface area contributed by atoms with Gasteiger partial charge in [-0.25, -0.2) is 0 Å². The van der Waals surface area contributed by atoms with Gasteiger partial charge < -0.3 is 4.74 Å². The van der Waals surface area contributed by atoms with Gasteiger partial charge in [-0.15, -0.1) is 13.2 Å². The van der Waals surface area contributed by atoms with Crippen molar-refractivity contribution >= 4 is 0 Å². The lowest BCUT2D eigenvalue weighted by atomic mass is 9.77. The van der Waals surface area contributed by atoms with Crippen molar-refractivity contribution in [3.8, 4) is 5.75 Å². The minimum absolute atomic E-state index is 0.149. The van der Waals surface area contributed by atoms with E-state index in [2.05, 4.69) is 17.1 Å². The summed E-state index contributed by atoms with van der Waals surface area (Å²) < 4.78 is 40.9. The zero-order chi connectivity index (χ0) is 15.5. The van der Waals surface area contributed by atoms with Gasteiger partial charge in [0.1, 0.15) is 5.75 Å². The number of alkyl halides is 3. The Morgan fingerprint density at radius 2 is 2.10 bits per heavy atom. The molecule has 6 heteroatoms.